The maximum absolute atomic E-state index is 12.9. The van der Waals surface area contributed by atoms with Crippen LogP contribution in [0.15, 0.2) is 30.3 Å². The van der Waals surface area contributed by atoms with Crippen LogP contribution < -0.4 is 0 Å². The molecule has 1 saturated carbocycles. The Labute approximate surface area is 144 Å². The first-order valence-electron chi connectivity index (χ1n) is 9.06. The van der Waals surface area contributed by atoms with Crippen LogP contribution in [0.4, 0.5) is 0 Å². The highest BCUT2D eigenvalue weighted by molar-refractivity contribution is 5.78. The van der Waals surface area contributed by atoms with Crippen LogP contribution >= 0.6 is 0 Å². The first-order chi connectivity index (χ1) is 11.8. The van der Waals surface area contributed by atoms with Gasteiger partial charge in [0.1, 0.15) is 0 Å². The Kier molecular flexibility index (Phi) is 6.24. The van der Waals surface area contributed by atoms with Crippen LogP contribution in [0.3, 0.4) is 0 Å². The predicted octanol–water partition coefficient (Wildman–Crippen LogP) is 1.65. The molecule has 3 rings (SSSR count). The largest absolute Gasteiger partial charge is 0.395 e. The molecule has 0 spiro atoms. The lowest BCUT2D eigenvalue weighted by molar-refractivity contribution is -0.150. The molecular formula is C19H28N2O3. The fraction of sp³-hybridized carbons (Fsp3) is 0.632. The highest BCUT2D eigenvalue weighted by atomic mass is 16.5. The third kappa shape index (κ3) is 4.35. The van der Waals surface area contributed by atoms with Crippen molar-refractivity contribution in [3.63, 3.8) is 0 Å². The molecular weight excluding hydrogens is 304 g/mol. The van der Waals surface area contributed by atoms with Gasteiger partial charge in [0.2, 0.25) is 5.91 Å². The van der Waals surface area contributed by atoms with E-state index >= 15 is 0 Å². The van der Waals surface area contributed by atoms with Gasteiger partial charge < -0.3 is 14.7 Å². The third-order valence-electron chi connectivity index (χ3n) is 5.08. The van der Waals surface area contributed by atoms with E-state index in [0.717, 1.165) is 18.4 Å². The SMILES string of the molecule is O=C(CN(CCO)Cc1ccccc1)N1CCO[C@H]2CCCC[C@@H]21. The van der Waals surface area contributed by atoms with Crippen LogP contribution in [-0.2, 0) is 16.1 Å². The molecule has 5 heteroatoms. The van der Waals surface area contributed by atoms with Gasteiger partial charge in [-0.25, -0.2) is 0 Å². The average molecular weight is 332 g/mol. The van der Waals surface area contributed by atoms with Crippen molar-refractivity contribution in [3.8, 4) is 0 Å². The van der Waals surface area contributed by atoms with Crippen molar-refractivity contribution in [1.82, 2.24) is 9.80 Å². The van der Waals surface area contributed by atoms with Crippen molar-refractivity contribution in [3.05, 3.63) is 35.9 Å². The van der Waals surface area contributed by atoms with E-state index in [1.165, 1.54) is 12.8 Å². The Morgan fingerprint density at radius 1 is 1.25 bits per heavy atom. The van der Waals surface area contributed by atoms with Crippen LogP contribution in [0.2, 0.25) is 0 Å². The number of carbonyl (C=O) groups is 1. The third-order valence-corrected chi connectivity index (χ3v) is 5.08. The molecule has 2 atom stereocenters. The van der Waals surface area contributed by atoms with Crippen LogP contribution in [-0.4, -0.2) is 65.8 Å². The molecule has 0 unspecified atom stereocenters. The molecule has 0 bridgehead atoms. The summed E-state index contributed by atoms with van der Waals surface area (Å²) < 4.78 is 5.86. The maximum atomic E-state index is 12.9. The predicted molar refractivity (Wildman–Crippen MR) is 92.5 cm³/mol. The number of hydrogen-bond acceptors (Lipinski definition) is 4. The van der Waals surface area contributed by atoms with Crippen molar-refractivity contribution in [2.24, 2.45) is 0 Å². The van der Waals surface area contributed by atoms with E-state index in [1.54, 1.807) is 0 Å². The quantitative estimate of drug-likeness (QED) is 0.861. The Morgan fingerprint density at radius 3 is 2.83 bits per heavy atom. The van der Waals surface area contributed by atoms with Gasteiger partial charge in [0.15, 0.2) is 0 Å². The van der Waals surface area contributed by atoms with E-state index in [2.05, 4.69) is 12.1 Å². The minimum atomic E-state index is 0.0648. The number of aliphatic hydroxyl groups is 1. The van der Waals surface area contributed by atoms with Crippen molar-refractivity contribution >= 4 is 5.91 Å². The number of nitrogens with zero attached hydrogens (tertiary/aromatic N) is 2. The minimum Gasteiger partial charge on any atom is -0.395 e. The second-order valence-corrected chi connectivity index (χ2v) is 6.77. The zero-order valence-corrected chi connectivity index (χ0v) is 14.3. The van der Waals surface area contributed by atoms with Gasteiger partial charge in [-0.2, -0.15) is 0 Å². The molecule has 5 nitrogen and oxygen atoms in total. The van der Waals surface area contributed by atoms with Crippen LogP contribution in [0, 0.1) is 0 Å². The fourth-order valence-electron chi connectivity index (χ4n) is 3.89. The Hall–Kier alpha value is -1.43. The summed E-state index contributed by atoms with van der Waals surface area (Å²) in [5.74, 6) is 0.166. The molecule has 132 valence electrons. The van der Waals surface area contributed by atoms with Crippen molar-refractivity contribution < 1.29 is 14.6 Å². The normalized spacial score (nSPS) is 24.0. The summed E-state index contributed by atoms with van der Waals surface area (Å²) in [6.07, 6.45) is 4.72. The molecule has 2 fully saturated rings. The summed E-state index contributed by atoms with van der Waals surface area (Å²) in [4.78, 5) is 16.9. The van der Waals surface area contributed by atoms with E-state index < -0.39 is 0 Å². The molecule has 0 aromatic heterocycles. The number of amides is 1. The molecule has 1 saturated heterocycles. The molecule has 2 aliphatic rings. The van der Waals surface area contributed by atoms with E-state index in [-0.39, 0.29) is 24.7 Å². The van der Waals surface area contributed by atoms with Crippen LogP contribution in [0.5, 0.6) is 0 Å². The average Bonchev–Trinajstić information content (AvgIpc) is 2.62. The van der Waals surface area contributed by atoms with Gasteiger partial charge in [-0.15, -0.1) is 0 Å². The van der Waals surface area contributed by atoms with Crippen LogP contribution in [0.1, 0.15) is 31.2 Å². The summed E-state index contributed by atoms with van der Waals surface area (Å²) in [6, 6.07) is 10.3. The summed E-state index contributed by atoms with van der Waals surface area (Å²) in [7, 11) is 0. The van der Waals surface area contributed by atoms with E-state index in [9.17, 15) is 9.90 Å². The summed E-state index contributed by atoms with van der Waals surface area (Å²) >= 11 is 0. The van der Waals surface area contributed by atoms with Gasteiger partial charge in [-0.05, 0) is 18.4 Å². The van der Waals surface area contributed by atoms with Crippen LogP contribution in [0.25, 0.3) is 0 Å². The van der Waals surface area contributed by atoms with Gasteiger partial charge in [-0.3, -0.25) is 9.69 Å². The monoisotopic (exact) mass is 332 g/mol. The van der Waals surface area contributed by atoms with Crippen molar-refractivity contribution in [2.75, 3.05) is 32.8 Å². The fourth-order valence-corrected chi connectivity index (χ4v) is 3.89. The zero-order valence-electron chi connectivity index (χ0n) is 14.3. The number of rotatable bonds is 6. The molecule has 1 aromatic carbocycles. The van der Waals surface area contributed by atoms with Gasteiger partial charge in [-0.1, -0.05) is 43.2 Å². The van der Waals surface area contributed by atoms with Gasteiger partial charge in [0.05, 0.1) is 31.9 Å². The standard InChI is InChI=1S/C19H28N2O3/c22-12-10-20(14-16-6-2-1-3-7-16)15-19(23)21-11-13-24-18-9-5-4-8-17(18)21/h1-3,6-7,17-18,22H,4-5,8-15H2/t17-,18-/m0/s1. The number of hydrogen-bond donors (Lipinski definition) is 1. The lowest BCUT2D eigenvalue weighted by atomic mass is 9.90. The second-order valence-electron chi connectivity index (χ2n) is 6.77. The van der Waals surface area contributed by atoms with E-state index in [4.69, 9.17) is 4.74 Å². The van der Waals surface area contributed by atoms with Gasteiger partial charge >= 0.3 is 0 Å². The number of carbonyl (C=O) groups excluding carboxylic acids is 1. The summed E-state index contributed by atoms with van der Waals surface area (Å²) in [5.41, 5.74) is 1.16. The summed E-state index contributed by atoms with van der Waals surface area (Å²) in [5, 5.41) is 9.34. The number of ether oxygens (including phenoxy) is 1. The minimum absolute atomic E-state index is 0.0648. The van der Waals surface area contributed by atoms with E-state index in [0.29, 0.717) is 32.8 Å². The number of morpholine rings is 1. The zero-order chi connectivity index (χ0) is 16.8. The first kappa shape index (κ1) is 17.4. The van der Waals surface area contributed by atoms with Gasteiger partial charge in [0.25, 0.3) is 0 Å². The van der Waals surface area contributed by atoms with Crippen molar-refractivity contribution in [2.45, 2.75) is 44.4 Å². The molecule has 1 aromatic rings. The first-order valence-corrected chi connectivity index (χ1v) is 9.06. The summed E-state index contributed by atoms with van der Waals surface area (Å²) in [6.45, 7) is 2.96. The van der Waals surface area contributed by atoms with E-state index in [1.807, 2.05) is 28.0 Å². The Balaban J connectivity index is 1.62. The molecule has 1 N–H and O–H groups in total. The Morgan fingerprint density at radius 2 is 2.04 bits per heavy atom. The highest BCUT2D eigenvalue weighted by Crippen LogP contribution is 2.28. The number of aliphatic hydroxyl groups excluding tert-OH is 1. The molecule has 1 aliphatic heterocycles. The maximum Gasteiger partial charge on any atom is 0.237 e. The molecule has 0 radical (unpaired) electrons. The second kappa shape index (κ2) is 8.60. The van der Waals surface area contributed by atoms with Gasteiger partial charge in [0, 0.05) is 19.6 Å². The topological polar surface area (TPSA) is 53.0 Å². The molecule has 1 heterocycles. The number of benzene rings is 1. The lowest BCUT2D eigenvalue weighted by Crippen LogP contribution is -2.56. The lowest BCUT2D eigenvalue weighted by Gasteiger charge is -2.44. The number of fused-ring (bicyclic) bond motifs is 1. The highest BCUT2D eigenvalue weighted by Gasteiger charge is 2.36. The molecule has 1 aliphatic carbocycles. The smallest absolute Gasteiger partial charge is 0.237 e. The Bertz CT molecular complexity index is 521. The van der Waals surface area contributed by atoms with Crippen molar-refractivity contribution in [1.29, 1.82) is 0 Å². The molecule has 24 heavy (non-hydrogen) atoms. The molecule has 1 amide bonds.